The fraction of sp³-hybridized carbons (Fsp3) is 0.462. The first-order valence-corrected chi connectivity index (χ1v) is 5.65. The van der Waals surface area contributed by atoms with Gasteiger partial charge in [-0.25, -0.2) is 0 Å². The molecule has 1 rings (SSSR count). The summed E-state index contributed by atoms with van der Waals surface area (Å²) in [7, 11) is 4.53. The van der Waals surface area contributed by atoms with Crippen molar-refractivity contribution in [2.45, 2.75) is 6.42 Å². The summed E-state index contributed by atoms with van der Waals surface area (Å²) in [5.41, 5.74) is 6.46. The van der Waals surface area contributed by atoms with Crippen molar-refractivity contribution in [3.8, 4) is 11.5 Å². The number of methoxy groups -OCH3 is 3. The summed E-state index contributed by atoms with van der Waals surface area (Å²) in [6.07, 6.45) is 0.462. The molecule has 1 unspecified atom stereocenters. The minimum absolute atomic E-state index is 0.229. The number of carbonyl (C=O) groups is 1. The fourth-order valence-corrected chi connectivity index (χ4v) is 1.74. The van der Waals surface area contributed by atoms with Gasteiger partial charge < -0.3 is 19.9 Å². The summed E-state index contributed by atoms with van der Waals surface area (Å²) in [5, 5.41) is 0. The van der Waals surface area contributed by atoms with Crippen molar-refractivity contribution in [3.05, 3.63) is 23.8 Å². The van der Waals surface area contributed by atoms with Crippen LogP contribution < -0.4 is 15.2 Å². The van der Waals surface area contributed by atoms with Crippen LogP contribution in [0.25, 0.3) is 0 Å². The Bertz CT molecular complexity index is 406. The number of nitrogens with two attached hydrogens (primary N) is 1. The van der Waals surface area contributed by atoms with Crippen LogP contribution in [0.15, 0.2) is 18.2 Å². The van der Waals surface area contributed by atoms with Crippen LogP contribution >= 0.6 is 0 Å². The molecule has 5 heteroatoms. The lowest BCUT2D eigenvalue weighted by Crippen LogP contribution is -2.27. The third-order valence-electron chi connectivity index (χ3n) is 2.77. The Hall–Kier alpha value is -1.75. The van der Waals surface area contributed by atoms with E-state index in [-0.39, 0.29) is 18.4 Å². The molecule has 100 valence electrons. The summed E-state index contributed by atoms with van der Waals surface area (Å²) < 4.78 is 15.1. The van der Waals surface area contributed by atoms with Gasteiger partial charge >= 0.3 is 5.97 Å². The third-order valence-corrected chi connectivity index (χ3v) is 2.77. The quantitative estimate of drug-likeness (QED) is 0.766. The maximum Gasteiger partial charge on any atom is 0.310 e. The zero-order valence-electron chi connectivity index (χ0n) is 10.9. The second-order valence-electron chi connectivity index (χ2n) is 3.84. The van der Waals surface area contributed by atoms with Crippen molar-refractivity contribution in [1.29, 1.82) is 0 Å². The molecular formula is C13H19NO4. The number of ether oxygens (including phenoxy) is 3. The van der Waals surface area contributed by atoms with Gasteiger partial charge in [-0.2, -0.15) is 0 Å². The monoisotopic (exact) mass is 253 g/mol. The smallest absolute Gasteiger partial charge is 0.310 e. The number of carbonyl (C=O) groups excluding carboxylic acids is 1. The molecule has 0 saturated heterocycles. The maximum absolute atomic E-state index is 11.5. The third kappa shape index (κ3) is 3.37. The van der Waals surface area contributed by atoms with E-state index in [9.17, 15) is 4.79 Å². The van der Waals surface area contributed by atoms with Gasteiger partial charge in [0.1, 0.15) is 11.5 Å². The number of hydrogen-bond donors (Lipinski definition) is 1. The van der Waals surface area contributed by atoms with Crippen molar-refractivity contribution in [3.63, 3.8) is 0 Å². The van der Waals surface area contributed by atoms with Crippen molar-refractivity contribution in [1.82, 2.24) is 0 Å². The first kappa shape index (κ1) is 14.3. The summed E-state index contributed by atoms with van der Waals surface area (Å²) in [6, 6.07) is 5.45. The van der Waals surface area contributed by atoms with Crippen LogP contribution in [0.3, 0.4) is 0 Å². The molecule has 0 bridgehead atoms. The lowest BCUT2D eigenvalue weighted by Gasteiger charge is -2.15. The number of esters is 1. The molecule has 0 aliphatic rings. The number of rotatable bonds is 6. The van der Waals surface area contributed by atoms with E-state index in [0.29, 0.717) is 17.9 Å². The molecule has 0 aliphatic carbocycles. The first-order chi connectivity index (χ1) is 8.65. The Kier molecular flexibility index (Phi) is 5.45. The fourth-order valence-electron chi connectivity index (χ4n) is 1.74. The van der Waals surface area contributed by atoms with Crippen molar-refractivity contribution < 1.29 is 19.0 Å². The Labute approximate surface area is 107 Å². The molecule has 0 fully saturated rings. The second-order valence-corrected chi connectivity index (χ2v) is 3.84. The van der Waals surface area contributed by atoms with Crippen LogP contribution in [0.5, 0.6) is 11.5 Å². The predicted octanol–water partition coefficient (Wildman–Crippen LogP) is 0.994. The van der Waals surface area contributed by atoms with Gasteiger partial charge in [-0.05, 0) is 30.2 Å². The normalized spacial score (nSPS) is 11.8. The van der Waals surface area contributed by atoms with E-state index in [1.807, 2.05) is 6.07 Å². The zero-order chi connectivity index (χ0) is 13.5. The first-order valence-electron chi connectivity index (χ1n) is 5.65. The van der Waals surface area contributed by atoms with Gasteiger partial charge in [0, 0.05) is 6.54 Å². The molecule has 0 spiro atoms. The predicted molar refractivity (Wildman–Crippen MR) is 67.8 cm³/mol. The van der Waals surface area contributed by atoms with Crippen LogP contribution in [0.1, 0.15) is 5.56 Å². The average molecular weight is 253 g/mol. The summed E-state index contributed by atoms with van der Waals surface area (Å²) in [5.74, 6) is 0.725. The average Bonchev–Trinajstić information content (AvgIpc) is 2.43. The van der Waals surface area contributed by atoms with Crippen LogP contribution in [0.2, 0.25) is 0 Å². The van der Waals surface area contributed by atoms with Gasteiger partial charge in [0.2, 0.25) is 0 Å². The molecule has 0 aromatic heterocycles. The van der Waals surface area contributed by atoms with Gasteiger partial charge in [-0.15, -0.1) is 0 Å². The topological polar surface area (TPSA) is 70.8 Å². The molecule has 0 amide bonds. The Morgan fingerprint density at radius 1 is 1.28 bits per heavy atom. The van der Waals surface area contributed by atoms with E-state index < -0.39 is 0 Å². The largest absolute Gasteiger partial charge is 0.497 e. The summed E-state index contributed by atoms with van der Waals surface area (Å²) in [6.45, 7) is 0.229. The Morgan fingerprint density at radius 2 is 2.00 bits per heavy atom. The van der Waals surface area contributed by atoms with Gasteiger partial charge in [0.25, 0.3) is 0 Å². The van der Waals surface area contributed by atoms with Gasteiger partial charge in [0.15, 0.2) is 0 Å². The molecule has 1 atom stereocenters. The van der Waals surface area contributed by atoms with E-state index in [1.54, 1.807) is 26.4 Å². The highest BCUT2D eigenvalue weighted by Gasteiger charge is 2.20. The Morgan fingerprint density at radius 3 is 2.50 bits per heavy atom. The van der Waals surface area contributed by atoms with Crippen molar-refractivity contribution in [2.75, 3.05) is 27.9 Å². The van der Waals surface area contributed by atoms with E-state index in [4.69, 9.17) is 19.9 Å². The van der Waals surface area contributed by atoms with Gasteiger partial charge in [-0.1, -0.05) is 0 Å². The molecule has 1 aromatic rings. The van der Waals surface area contributed by atoms with Gasteiger partial charge in [-0.3, -0.25) is 4.79 Å². The highest BCUT2D eigenvalue weighted by molar-refractivity contribution is 5.73. The molecule has 0 saturated carbocycles. The molecule has 18 heavy (non-hydrogen) atoms. The van der Waals surface area contributed by atoms with Crippen LogP contribution in [0, 0.1) is 5.92 Å². The maximum atomic E-state index is 11.5. The minimum Gasteiger partial charge on any atom is -0.497 e. The second kappa shape index (κ2) is 6.86. The molecule has 0 heterocycles. The number of hydrogen-bond acceptors (Lipinski definition) is 5. The van der Waals surface area contributed by atoms with Crippen LogP contribution in [-0.4, -0.2) is 33.8 Å². The van der Waals surface area contributed by atoms with Crippen LogP contribution in [-0.2, 0) is 16.0 Å². The van der Waals surface area contributed by atoms with E-state index in [0.717, 1.165) is 5.56 Å². The summed E-state index contributed by atoms with van der Waals surface area (Å²) in [4.78, 5) is 11.5. The highest BCUT2D eigenvalue weighted by Crippen LogP contribution is 2.26. The van der Waals surface area contributed by atoms with E-state index in [2.05, 4.69) is 0 Å². The lowest BCUT2D eigenvalue weighted by atomic mass is 9.98. The van der Waals surface area contributed by atoms with Crippen LogP contribution in [0.4, 0.5) is 0 Å². The molecule has 0 radical (unpaired) electrons. The molecular weight excluding hydrogens is 234 g/mol. The zero-order valence-corrected chi connectivity index (χ0v) is 10.9. The van der Waals surface area contributed by atoms with Gasteiger partial charge in [0.05, 0.1) is 27.2 Å². The molecule has 5 nitrogen and oxygen atoms in total. The molecule has 2 N–H and O–H groups in total. The lowest BCUT2D eigenvalue weighted by molar-refractivity contribution is -0.145. The molecule has 1 aromatic carbocycles. The highest BCUT2D eigenvalue weighted by atomic mass is 16.5. The van der Waals surface area contributed by atoms with Crippen molar-refractivity contribution in [2.24, 2.45) is 11.7 Å². The van der Waals surface area contributed by atoms with E-state index >= 15 is 0 Å². The summed E-state index contributed by atoms with van der Waals surface area (Å²) >= 11 is 0. The SMILES string of the molecule is COC(=O)C(CN)Cc1cc(OC)ccc1OC. The Balaban J connectivity index is 2.96. The van der Waals surface area contributed by atoms with Crippen molar-refractivity contribution >= 4 is 5.97 Å². The van der Waals surface area contributed by atoms with E-state index in [1.165, 1.54) is 7.11 Å². The minimum atomic E-state index is -0.379. The molecule has 0 aliphatic heterocycles. The number of benzene rings is 1. The standard InChI is InChI=1S/C13H19NO4/c1-16-11-4-5-12(17-2)9(7-11)6-10(8-14)13(15)18-3/h4-5,7,10H,6,8,14H2,1-3H3.